The monoisotopic (exact) mass is 335 g/mol. The predicted octanol–water partition coefficient (Wildman–Crippen LogP) is 3.87. The SMILES string of the molecule is CN(C[C@@H]1CCOC1)C(=O)CCCc1cc(Cl)sc1Cl. The van der Waals surface area contributed by atoms with E-state index in [-0.39, 0.29) is 5.91 Å². The molecule has 0 N–H and O–H groups in total. The summed E-state index contributed by atoms with van der Waals surface area (Å²) in [4.78, 5) is 13.9. The van der Waals surface area contributed by atoms with Crippen molar-refractivity contribution >= 4 is 40.4 Å². The van der Waals surface area contributed by atoms with Crippen LogP contribution in [0.25, 0.3) is 0 Å². The number of thiophene rings is 1. The van der Waals surface area contributed by atoms with Crippen LogP contribution in [0.15, 0.2) is 6.07 Å². The summed E-state index contributed by atoms with van der Waals surface area (Å²) in [5.41, 5.74) is 1.04. The number of rotatable bonds is 6. The molecule has 2 rings (SSSR count). The summed E-state index contributed by atoms with van der Waals surface area (Å²) in [6.07, 6.45) is 3.21. The van der Waals surface area contributed by atoms with Crippen LogP contribution >= 0.6 is 34.5 Å². The third-order valence-electron chi connectivity index (χ3n) is 3.55. The Bertz CT molecular complexity index is 458. The van der Waals surface area contributed by atoms with Crippen molar-refractivity contribution in [2.45, 2.75) is 25.7 Å². The first kappa shape index (κ1) is 16.1. The van der Waals surface area contributed by atoms with E-state index < -0.39 is 0 Å². The fraction of sp³-hybridized carbons (Fsp3) is 0.643. The van der Waals surface area contributed by atoms with E-state index in [2.05, 4.69) is 0 Å². The minimum atomic E-state index is 0.189. The number of carbonyl (C=O) groups excluding carboxylic acids is 1. The Morgan fingerprint density at radius 2 is 2.35 bits per heavy atom. The summed E-state index contributed by atoms with van der Waals surface area (Å²) in [6, 6.07) is 1.89. The maximum absolute atomic E-state index is 12.0. The molecule has 1 fully saturated rings. The van der Waals surface area contributed by atoms with E-state index in [1.807, 2.05) is 18.0 Å². The largest absolute Gasteiger partial charge is 0.381 e. The van der Waals surface area contributed by atoms with Gasteiger partial charge < -0.3 is 9.64 Å². The number of nitrogens with zero attached hydrogens (tertiary/aromatic N) is 1. The van der Waals surface area contributed by atoms with Gasteiger partial charge in [-0.2, -0.15) is 0 Å². The Morgan fingerprint density at radius 1 is 1.55 bits per heavy atom. The lowest BCUT2D eigenvalue weighted by molar-refractivity contribution is -0.130. The van der Waals surface area contributed by atoms with Crippen LogP contribution < -0.4 is 0 Å². The van der Waals surface area contributed by atoms with Crippen LogP contribution in [0.4, 0.5) is 0 Å². The molecule has 2 heterocycles. The van der Waals surface area contributed by atoms with Gasteiger partial charge in [-0.05, 0) is 30.9 Å². The molecule has 0 aromatic carbocycles. The van der Waals surface area contributed by atoms with E-state index >= 15 is 0 Å². The van der Waals surface area contributed by atoms with Gasteiger partial charge in [-0.15, -0.1) is 11.3 Å². The van der Waals surface area contributed by atoms with Crippen LogP contribution in [0.1, 0.15) is 24.8 Å². The van der Waals surface area contributed by atoms with Crippen molar-refractivity contribution in [3.8, 4) is 0 Å². The standard InChI is InChI=1S/C14H19Cl2NO2S/c1-17(8-10-5-6-19-9-10)13(18)4-2-3-11-7-12(15)20-14(11)16/h7,10H,2-6,8-9H2,1H3/t10-/m0/s1. The number of hydrogen-bond donors (Lipinski definition) is 0. The van der Waals surface area contributed by atoms with Crippen LogP contribution in [0.2, 0.25) is 8.67 Å². The quantitative estimate of drug-likeness (QED) is 0.789. The molecular formula is C14H19Cl2NO2S. The smallest absolute Gasteiger partial charge is 0.222 e. The third-order valence-corrected chi connectivity index (χ3v) is 5.11. The Morgan fingerprint density at radius 3 is 2.95 bits per heavy atom. The van der Waals surface area contributed by atoms with Crippen molar-refractivity contribution in [3.63, 3.8) is 0 Å². The van der Waals surface area contributed by atoms with Crippen molar-refractivity contribution in [1.29, 1.82) is 0 Å². The molecule has 1 aromatic heterocycles. The van der Waals surface area contributed by atoms with Gasteiger partial charge in [0.25, 0.3) is 0 Å². The molecular weight excluding hydrogens is 317 g/mol. The van der Waals surface area contributed by atoms with Crippen molar-refractivity contribution < 1.29 is 9.53 Å². The number of amides is 1. The molecule has 1 aliphatic rings. The third kappa shape index (κ3) is 4.62. The Hall–Kier alpha value is -0.290. The number of carbonyl (C=O) groups is 1. The lowest BCUT2D eigenvalue weighted by Crippen LogP contribution is -2.31. The van der Waals surface area contributed by atoms with Crippen molar-refractivity contribution in [2.24, 2.45) is 5.92 Å². The van der Waals surface area contributed by atoms with Crippen LogP contribution in [0.5, 0.6) is 0 Å². The summed E-state index contributed by atoms with van der Waals surface area (Å²) in [7, 11) is 1.87. The maximum atomic E-state index is 12.0. The highest BCUT2D eigenvalue weighted by Crippen LogP contribution is 2.32. The Labute approximate surface area is 133 Å². The van der Waals surface area contributed by atoms with Crippen LogP contribution in [0.3, 0.4) is 0 Å². The highest BCUT2D eigenvalue weighted by Gasteiger charge is 2.19. The van der Waals surface area contributed by atoms with Crippen molar-refractivity contribution in [2.75, 3.05) is 26.8 Å². The molecule has 0 bridgehead atoms. The lowest BCUT2D eigenvalue weighted by atomic mass is 10.1. The lowest BCUT2D eigenvalue weighted by Gasteiger charge is -2.20. The molecule has 0 unspecified atom stereocenters. The first-order chi connectivity index (χ1) is 9.56. The summed E-state index contributed by atoms with van der Waals surface area (Å²) < 4.78 is 6.77. The Balaban J connectivity index is 1.70. The summed E-state index contributed by atoms with van der Waals surface area (Å²) in [5.74, 6) is 0.684. The molecule has 1 aromatic rings. The minimum absolute atomic E-state index is 0.189. The number of aryl methyl sites for hydroxylation is 1. The highest BCUT2D eigenvalue weighted by molar-refractivity contribution is 7.20. The van der Waals surface area contributed by atoms with E-state index in [0.717, 1.165) is 48.9 Å². The van der Waals surface area contributed by atoms with E-state index in [4.69, 9.17) is 27.9 Å². The highest BCUT2D eigenvalue weighted by atomic mass is 35.5. The first-order valence-electron chi connectivity index (χ1n) is 6.81. The molecule has 0 saturated carbocycles. The maximum Gasteiger partial charge on any atom is 0.222 e. The van der Waals surface area contributed by atoms with Gasteiger partial charge in [-0.1, -0.05) is 23.2 Å². The Kier molecular flexibility index (Phi) is 6.15. The summed E-state index contributed by atoms with van der Waals surface area (Å²) >= 11 is 13.3. The van der Waals surface area contributed by atoms with Crippen LogP contribution in [-0.2, 0) is 16.0 Å². The molecule has 1 aliphatic heterocycles. The van der Waals surface area contributed by atoms with Gasteiger partial charge in [0.1, 0.15) is 0 Å². The van der Waals surface area contributed by atoms with Gasteiger partial charge in [-0.3, -0.25) is 4.79 Å². The zero-order valence-electron chi connectivity index (χ0n) is 11.5. The fourth-order valence-corrected chi connectivity index (χ4v) is 3.93. The second kappa shape index (κ2) is 7.64. The minimum Gasteiger partial charge on any atom is -0.381 e. The number of ether oxygens (including phenoxy) is 1. The first-order valence-corrected chi connectivity index (χ1v) is 8.39. The van der Waals surface area contributed by atoms with Gasteiger partial charge in [0.15, 0.2) is 0 Å². The topological polar surface area (TPSA) is 29.5 Å². The van der Waals surface area contributed by atoms with Gasteiger partial charge >= 0.3 is 0 Å². The van der Waals surface area contributed by atoms with Gasteiger partial charge in [0.2, 0.25) is 5.91 Å². The molecule has 1 saturated heterocycles. The predicted molar refractivity (Wildman–Crippen MR) is 83.8 cm³/mol. The zero-order valence-corrected chi connectivity index (χ0v) is 13.9. The normalized spacial score (nSPS) is 18.4. The molecule has 1 atom stereocenters. The molecule has 1 amide bonds. The summed E-state index contributed by atoms with van der Waals surface area (Å²) in [5, 5.41) is 0. The molecule has 0 radical (unpaired) electrons. The van der Waals surface area contributed by atoms with Crippen molar-refractivity contribution in [1.82, 2.24) is 4.90 Å². The average Bonchev–Trinajstić information content (AvgIpc) is 2.99. The molecule has 3 nitrogen and oxygen atoms in total. The molecule has 112 valence electrons. The second-order valence-corrected chi connectivity index (χ2v) is 7.49. The van der Waals surface area contributed by atoms with E-state index in [0.29, 0.717) is 16.7 Å². The fourth-order valence-electron chi connectivity index (χ4n) is 2.38. The van der Waals surface area contributed by atoms with Crippen molar-refractivity contribution in [3.05, 3.63) is 20.3 Å². The van der Waals surface area contributed by atoms with Gasteiger partial charge in [0.05, 0.1) is 15.3 Å². The number of hydrogen-bond acceptors (Lipinski definition) is 3. The van der Waals surface area contributed by atoms with Crippen LogP contribution in [-0.4, -0.2) is 37.6 Å². The van der Waals surface area contributed by atoms with Gasteiger partial charge in [0, 0.05) is 32.5 Å². The molecule has 0 aliphatic carbocycles. The molecule has 20 heavy (non-hydrogen) atoms. The van der Waals surface area contributed by atoms with E-state index in [9.17, 15) is 4.79 Å². The molecule has 0 spiro atoms. The second-order valence-electron chi connectivity index (χ2n) is 5.21. The average molecular weight is 336 g/mol. The zero-order chi connectivity index (χ0) is 14.5. The van der Waals surface area contributed by atoms with Gasteiger partial charge in [-0.25, -0.2) is 0 Å². The molecule has 6 heteroatoms. The number of halogens is 2. The van der Waals surface area contributed by atoms with E-state index in [1.54, 1.807) is 0 Å². The van der Waals surface area contributed by atoms with E-state index in [1.165, 1.54) is 11.3 Å². The van der Waals surface area contributed by atoms with Crippen LogP contribution in [0, 0.1) is 5.92 Å². The summed E-state index contributed by atoms with van der Waals surface area (Å²) in [6.45, 7) is 2.40.